The van der Waals surface area contributed by atoms with Gasteiger partial charge in [0.05, 0.1) is 0 Å². The standard InChI is InChI=1S/C4H12N2O7P2.Mg.2H/c7-14(8,9)13-15(10,11)12-6-3-1-5-2-4-6;;;/h5H,1-4H2,(H,10,11)(H2,7,8,9);;;. The SMILES string of the molecule is O=P(O)(O)OP(=O)(O)ON1CCNCC1.[MgH2]. The molecule has 12 heteroatoms. The van der Waals surface area contributed by atoms with Gasteiger partial charge in [-0.25, -0.2) is 9.13 Å². The zero-order chi connectivity index (χ0) is 11.5. The van der Waals surface area contributed by atoms with Crippen molar-refractivity contribution in [2.75, 3.05) is 26.2 Å². The summed E-state index contributed by atoms with van der Waals surface area (Å²) in [4.78, 5) is 25.6. The Morgan fingerprint density at radius 1 is 1.12 bits per heavy atom. The lowest BCUT2D eigenvalue weighted by molar-refractivity contribution is -0.0870. The normalized spacial score (nSPS) is 22.2. The van der Waals surface area contributed by atoms with Gasteiger partial charge < -0.3 is 20.0 Å². The van der Waals surface area contributed by atoms with Crippen molar-refractivity contribution in [3.63, 3.8) is 0 Å². The van der Waals surface area contributed by atoms with E-state index >= 15 is 0 Å². The van der Waals surface area contributed by atoms with Crippen molar-refractivity contribution >= 4 is 38.7 Å². The minimum atomic E-state index is -5.04. The molecule has 1 fully saturated rings. The minimum Gasteiger partial charge on any atom is -0.314 e. The number of hydrogen-bond acceptors (Lipinski definition) is 6. The molecule has 1 aliphatic rings. The Balaban J connectivity index is 0.00000225. The lowest BCUT2D eigenvalue weighted by atomic mass is 10.4. The molecule has 0 saturated carbocycles. The third-order valence-corrected chi connectivity index (χ3v) is 3.62. The van der Waals surface area contributed by atoms with Gasteiger partial charge in [0.25, 0.3) is 0 Å². The first-order valence-electron chi connectivity index (χ1n) is 4.04. The second kappa shape index (κ2) is 6.77. The number of hydrogen-bond donors (Lipinski definition) is 4. The molecular weight excluding hydrogens is 274 g/mol. The molecule has 1 unspecified atom stereocenters. The quantitative estimate of drug-likeness (QED) is 0.347. The van der Waals surface area contributed by atoms with Crippen LogP contribution in [-0.2, 0) is 18.1 Å². The predicted octanol–water partition coefficient (Wildman–Crippen LogP) is -1.88. The fourth-order valence-electron chi connectivity index (χ4n) is 1.02. The van der Waals surface area contributed by atoms with Gasteiger partial charge in [-0.3, -0.25) is 0 Å². The molecule has 4 N–H and O–H groups in total. The summed E-state index contributed by atoms with van der Waals surface area (Å²) in [5, 5.41) is 4.08. The highest BCUT2D eigenvalue weighted by molar-refractivity contribution is 7.60. The second-order valence-corrected chi connectivity index (χ2v) is 5.54. The van der Waals surface area contributed by atoms with Crippen molar-refractivity contribution < 1.29 is 32.7 Å². The highest BCUT2D eigenvalue weighted by atomic mass is 31.3. The van der Waals surface area contributed by atoms with Gasteiger partial charge in [-0.15, -0.1) is 0 Å². The molecule has 0 aromatic carbocycles. The van der Waals surface area contributed by atoms with Gasteiger partial charge in [0.15, 0.2) is 0 Å². The van der Waals surface area contributed by atoms with Crippen molar-refractivity contribution in [1.82, 2.24) is 10.4 Å². The van der Waals surface area contributed by atoms with Crippen LogP contribution < -0.4 is 5.32 Å². The summed E-state index contributed by atoms with van der Waals surface area (Å²) in [6.07, 6.45) is 0. The van der Waals surface area contributed by atoms with Crippen molar-refractivity contribution in [1.29, 1.82) is 0 Å². The first-order chi connectivity index (χ1) is 6.79. The molecule has 0 radical (unpaired) electrons. The summed E-state index contributed by atoms with van der Waals surface area (Å²) < 4.78 is 29.4. The summed E-state index contributed by atoms with van der Waals surface area (Å²) in [5.41, 5.74) is 0. The molecule has 94 valence electrons. The summed E-state index contributed by atoms with van der Waals surface area (Å²) in [7, 11) is -9.78. The van der Waals surface area contributed by atoms with Crippen molar-refractivity contribution in [3.05, 3.63) is 0 Å². The van der Waals surface area contributed by atoms with Gasteiger partial charge in [-0.05, 0) is 0 Å². The highest BCUT2D eigenvalue weighted by Gasteiger charge is 2.35. The number of nitrogens with zero attached hydrogens (tertiary/aromatic N) is 1. The van der Waals surface area contributed by atoms with Crippen LogP contribution in [0.15, 0.2) is 0 Å². The third kappa shape index (κ3) is 7.31. The van der Waals surface area contributed by atoms with E-state index in [1.807, 2.05) is 0 Å². The smallest absolute Gasteiger partial charge is 0.314 e. The van der Waals surface area contributed by atoms with Crippen LogP contribution >= 0.6 is 15.6 Å². The van der Waals surface area contributed by atoms with Gasteiger partial charge in [-0.1, -0.05) is 0 Å². The van der Waals surface area contributed by atoms with Crippen molar-refractivity contribution in [2.24, 2.45) is 0 Å². The zero-order valence-corrected chi connectivity index (χ0v) is 9.43. The molecule has 0 aromatic rings. The largest absolute Gasteiger partial charge is 0.497 e. The fourth-order valence-corrected chi connectivity index (χ4v) is 2.67. The van der Waals surface area contributed by atoms with E-state index < -0.39 is 15.6 Å². The third-order valence-electron chi connectivity index (χ3n) is 1.50. The molecule has 0 bridgehead atoms. The van der Waals surface area contributed by atoms with Crippen LogP contribution in [0.5, 0.6) is 0 Å². The van der Waals surface area contributed by atoms with Crippen molar-refractivity contribution in [2.45, 2.75) is 0 Å². The maximum Gasteiger partial charge on any atom is 0.497 e. The molecule has 1 aliphatic heterocycles. The van der Waals surface area contributed by atoms with E-state index in [1.165, 1.54) is 0 Å². The van der Waals surface area contributed by atoms with Gasteiger partial charge >= 0.3 is 38.7 Å². The van der Waals surface area contributed by atoms with E-state index in [0.29, 0.717) is 26.2 Å². The molecule has 0 aliphatic carbocycles. The maximum absolute atomic E-state index is 11.1. The van der Waals surface area contributed by atoms with Crippen LogP contribution in [0.25, 0.3) is 0 Å². The Labute approximate surface area is 108 Å². The monoisotopic (exact) mass is 288 g/mol. The average molecular weight is 288 g/mol. The van der Waals surface area contributed by atoms with Gasteiger partial charge in [-0.2, -0.15) is 14.0 Å². The van der Waals surface area contributed by atoms with Crippen LogP contribution in [0.1, 0.15) is 0 Å². The minimum absolute atomic E-state index is 0. The van der Waals surface area contributed by atoms with Crippen molar-refractivity contribution in [3.8, 4) is 0 Å². The molecule has 1 heterocycles. The molecule has 1 rings (SSSR count). The molecule has 1 atom stereocenters. The molecule has 16 heavy (non-hydrogen) atoms. The predicted molar refractivity (Wildman–Crippen MR) is 57.0 cm³/mol. The summed E-state index contributed by atoms with van der Waals surface area (Å²) in [6.45, 7) is 1.76. The lowest BCUT2D eigenvalue weighted by Crippen LogP contribution is -2.42. The Bertz CT molecular complexity index is 303. The Kier molecular flexibility index (Phi) is 7.17. The van der Waals surface area contributed by atoms with Crippen LogP contribution in [0, 0.1) is 0 Å². The van der Waals surface area contributed by atoms with Crippen LogP contribution in [0.4, 0.5) is 0 Å². The number of rotatable bonds is 4. The number of hydroxylamine groups is 2. The fraction of sp³-hybridized carbons (Fsp3) is 1.00. The van der Waals surface area contributed by atoms with Gasteiger partial charge in [0.1, 0.15) is 0 Å². The molecular formula is C4H14MgN2O7P2. The Morgan fingerprint density at radius 2 is 1.62 bits per heavy atom. The summed E-state index contributed by atoms with van der Waals surface area (Å²) in [6, 6.07) is 0. The first kappa shape index (κ1) is 16.9. The number of nitrogens with one attached hydrogen (secondary N) is 1. The van der Waals surface area contributed by atoms with E-state index in [0.717, 1.165) is 5.06 Å². The Hall–Kier alpha value is 0.946. The van der Waals surface area contributed by atoms with Crippen LogP contribution in [0.3, 0.4) is 0 Å². The first-order valence-corrected chi connectivity index (χ1v) is 7.06. The zero-order valence-electron chi connectivity index (χ0n) is 7.64. The molecule has 0 amide bonds. The second-order valence-electron chi connectivity index (χ2n) is 2.80. The average Bonchev–Trinajstić information content (AvgIpc) is 1.99. The Morgan fingerprint density at radius 3 is 2.06 bits per heavy atom. The molecule has 0 spiro atoms. The molecule has 9 nitrogen and oxygen atoms in total. The summed E-state index contributed by atoms with van der Waals surface area (Å²) in [5.74, 6) is 0. The van der Waals surface area contributed by atoms with E-state index in [2.05, 4.69) is 14.3 Å². The van der Waals surface area contributed by atoms with E-state index in [9.17, 15) is 9.13 Å². The molecule has 0 aromatic heterocycles. The van der Waals surface area contributed by atoms with E-state index in [-0.39, 0.29) is 23.1 Å². The lowest BCUT2D eigenvalue weighted by Gasteiger charge is -2.27. The van der Waals surface area contributed by atoms with E-state index in [1.54, 1.807) is 0 Å². The maximum atomic E-state index is 11.1. The van der Waals surface area contributed by atoms with Gasteiger partial charge in [0.2, 0.25) is 0 Å². The topological polar surface area (TPSA) is 129 Å². The number of piperazine rings is 1. The highest BCUT2D eigenvalue weighted by Crippen LogP contribution is 2.57. The summed E-state index contributed by atoms with van der Waals surface area (Å²) >= 11 is 0. The number of phosphoric acid groups is 2. The van der Waals surface area contributed by atoms with Gasteiger partial charge in [0, 0.05) is 26.2 Å². The molecule has 1 saturated heterocycles. The van der Waals surface area contributed by atoms with Crippen LogP contribution in [0.2, 0.25) is 0 Å². The van der Waals surface area contributed by atoms with E-state index in [4.69, 9.17) is 14.7 Å². The van der Waals surface area contributed by atoms with Crippen LogP contribution in [-0.4, -0.2) is 69.0 Å².